The zero-order chi connectivity index (χ0) is 18.0. The van der Waals surface area contributed by atoms with Gasteiger partial charge in [-0.15, -0.1) is 0 Å². The molecule has 0 aliphatic rings. The number of aryl methyl sites for hydroxylation is 1. The number of carboxylic acid groups (broad SMARTS) is 1. The minimum atomic E-state index is -1.07. The first kappa shape index (κ1) is 16.6. The number of methoxy groups -OCH3 is 2. The fraction of sp³-hybridized carbons (Fsp3) is 0.150. The molecule has 25 heavy (non-hydrogen) atoms. The Morgan fingerprint density at radius 2 is 1.84 bits per heavy atom. The fourth-order valence-corrected chi connectivity index (χ4v) is 2.82. The Bertz CT molecular complexity index is 948. The minimum absolute atomic E-state index is 0.0446. The van der Waals surface area contributed by atoms with Crippen LogP contribution in [0.25, 0.3) is 27.9 Å². The van der Waals surface area contributed by atoms with E-state index in [1.54, 1.807) is 13.2 Å². The maximum Gasteiger partial charge on any atom is 0.339 e. The van der Waals surface area contributed by atoms with Crippen LogP contribution in [-0.2, 0) is 9.53 Å². The van der Waals surface area contributed by atoms with Gasteiger partial charge in [0.2, 0.25) is 0 Å². The molecule has 0 radical (unpaired) electrons. The lowest BCUT2D eigenvalue weighted by Crippen LogP contribution is -2.00. The van der Waals surface area contributed by atoms with E-state index in [1.807, 2.05) is 43.3 Å². The molecule has 0 saturated carbocycles. The van der Waals surface area contributed by atoms with Crippen molar-refractivity contribution >= 4 is 22.5 Å². The number of rotatable bonds is 5. The molecule has 1 heterocycles. The standard InChI is InChI=1S/C20H18O5/c1-12-15-5-4-6-16(17(11-23-2)20(21)22)19(15)25-18(12)13-7-9-14(24-3)10-8-13/h4-11H,1-3H3,(H,21,22). The second kappa shape index (κ2) is 6.73. The summed E-state index contributed by atoms with van der Waals surface area (Å²) in [5.74, 6) is 0.385. The van der Waals surface area contributed by atoms with Crippen LogP contribution < -0.4 is 4.74 Å². The first-order chi connectivity index (χ1) is 12.1. The number of benzene rings is 2. The van der Waals surface area contributed by atoms with Gasteiger partial charge in [0, 0.05) is 22.1 Å². The number of ether oxygens (including phenoxy) is 2. The van der Waals surface area contributed by atoms with Crippen LogP contribution in [0.3, 0.4) is 0 Å². The van der Waals surface area contributed by atoms with Gasteiger partial charge in [-0.2, -0.15) is 0 Å². The quantitative estimate of drug-likeness (QED) is 0.548. The summed E-state index contributed by atoms with van der Waals surface area (Å²) >= 11 is 0. The number of hydrogen-bond acceptors (Lipinski definition) is 4. The van der Waals surface area contributed by atoms with Gasteiger partial charge in [0.05, 0.1) is 20.5 Å². The van der Waals surface area contributed by atoms with Gasteiger partial charge in [0.25, 0.3) is 0 Å². The fourth-order valence-electron chi connectivity index (χ4n) is 2.82. The Morgan fingerprint density at radius 3 is 2.44 bits per heavy atom. The number of hydrogen-bond donors (Lipinski definition) is 1. The van der Waals surface area contributed by atoms with Gasteiger partial charge < -0.3 is 19.0 Å². The zero-order valence-corrected chi connectivity index (χ0v) is 14.2. The molecule has 0 atom stereocenters. The third kappa shape index (κ3) is 2.96. The van der Waals surface area contributed by atoms with Gasteiger partial charge >= 0.3 is 5.97 Å². The van der Waals surface area contributed by atoms with Crippen LogP contribution in [0.1, 0.15) is 11.1 Å². The molecule has 0 spiro atoms. The highest BCUT2D eigenvalue weighted by atomic mass is 16.5. The molecule has 0 aliphatic carbocycles. The van der Waals surface area contributed by atoms with Crippen LogP contribution in [0.15, 0.2) is 53.1 Å². The molecule has 0 amide bonds. The number of aliphatic carboxylic acids is 1. The second-order valence-electron chi connectivity index (χ2n) is 5.54. The van der Waals surface area contributed by atoms with Gasteiger partial charge in [-0.1, -0.05) is 18.2 Å². The van der Waals surface area contributed by atoms with E-state index in [1.165, 1.54) is 13.4 Å². The Balaban J connectivity index is 2.20. The monoisotopic (exact) mass is 338 g/mol. The Kier molecular flexibility index (Phi) is 4.48. The maximum absolute atomic E-state index is 11.6. The normalized spacial score (nSPS) is 11.6. The van der Waals surface area contributed by atoms with Gasteiger partial charge in [0.1, 0.15) is 22.7 Å². The molecule has 0 aliphatic heterocycles. The SMILES string of the molecule is COC=C(C(=O)O)c1cccc2c(C)c(-c3ccc(OC)cc3)oc12. The van der Waals surface area contributed by atoms with Gasteiger partial charge in [-0.25, -0.2) is 4.79 Å². The number of carboxylic acids is 1. The smallest absolute Gasteiger partial charge is 0.339 e. The lowest BCUT2D eigenvalue weighted by Gasteiger charge is -2.03. The van der Waals surface area contributed by atoms with Crippen molar-refractivity contribution in [3.63, 3.8) is 0 Å². The summed E-state index contributed by atoms with van der Waals surface area (Å²) < 4.78 is 16.2. The number of furan rings is 1. The molecular weight excluding hydrogens is 320 g/mol. The van der Waals surface area contributed by atoms with Crippen molar-refractivity contribution in [2.75, 3.05) is 14.2 Å². The van der Waals surface area contributed by atoms with Gasteiger partial charge in [-0.05, 0) is 31.2 Å². The van der Waals surface area contributed by atoms with E-state index in [9.17, 15) is 9.90 Å². The highest BCUT2D eigenvalue weighted by molar-refractivity contribution is 6.18. The Morgan fingerprint density at radius 1 is 1.12 bits per heavy atom. The summed E-state index contributed by atoms with van der Waals surface area (Å²) in [6, 6.07) is 13.0. The molecule has 1 aromatic heterocycles. The molecular formula is C20H18O5. The maximum atomic E-state index is 11.6. The van der Waals surface area contributed by atoms with Crippen LogP contribution in [0.4, 0.5) is 0 Å². The molecule has 3 rings (SSSR count). The van der Waals surface area contributed by atoms with Crippen molar-refractivity contribution in [1.29, 1.82) is 0 Å². The summed E-state index contributed by atoms with van der Waals surface area (Å²) in [7, 11) is 3.03. The summed E-state index contributed by atoms with van der Waals surface area (Å²) in [6.45, 7) is 1.95. The number of carbonyl (C=O) groups is 1. The van der Waals surface area contributed by atoms with Crippen molar-refractivity contribution in [2.45, 2.75) is 6.92 Å². The van der Waals surface area contributed by atoms with Gasteiger partial charge in [0.15, 0.2) is 0 Å². The van der Waals surface area contributed by atoms with E-state index in [0.717, 1.165) is 22.3 Å². The molecule has 2 aromatic carbocycles. The summed E-state index contributed by atoms with van der Waals surface area (Å²) in [5.41, 5.74) is 2.89. The van der Waals surface area contributed by atoms with Crippen molar-refractivity contribution in [3.05, 3.63) is 59.9 Å². The van der Waals surface area contributed by atoms with E-state index >= 15 is 0 Å². The third-order valence-corrected chi connectivity index (χ3v) is 4.07. The largest absolute Gasteiger partial charge is 0.503 e. The molecule has 128 valence electrons. The van der Waals surface area contributed by atoms with Crippen molar-refractivity contribution < 1.29 is 23.8 Å². The molecule has 5 nitrogen and oxygen atoms in total. The average Bonchev–Trinajstić information content (AvgIpc) is 2.97. The summed E-state index contributed by atoms with van der Waals surface area (Å²) in [5, 5.41) is 10.3. The predicted molar refractivity (Wildman–Crippen MR) is 95.6 cm³/mol. The molecule has 3 aromatic rings. The number of fused-ring (bicyclic) bond motifs is 1. The van der Waals surface area contributed by atoms with E-state index < -0.39 is 5.97 Å². The highest BCUT2D eigenvalue weighted by Crippen LogP contribution is 2.37. The Labute approximate surface area is 145 Å². The number of para-hydroxylation sites is 1. The van der Waals surface area contributed by atoms with Crippen LogP contribution in [-0.4, -0.2) is 25.3 Å². The lowest BCUT2D eigenvalue weighted by atomic mass is 10.0. The minimum Gasteiger partial charge on any atom is -0.503 e. The summed E-state index contributed by atoms with van der Waals surface area (Å²) in [4.78, 5) is 11.6. The lowest BCUT2D eigenvalue weighted by molar-refractivity contribution is -0.130. The Hall–Kier alpha value is -3.21. The zero-order valence-electron chi connectivity index (χ0n) is 14.2. The van der Waals surface area contributed by atoms with Gasteiger partial charge in [-0.3, -0.25) is 0 Å². The molecule has 1 N–H and O–H groups in total. The summed E-state index contributed by atoms with van der Waals surface area (Å²) in [6.07, 6.45) is 1.21. The van der Waals surface area contributed by atoms with Crippen molar-refractivity contribution in [2.24, 2.45) is 0 Å². The van der Waals surface area contributed by atoms with Crippen LogP contribution in [0.5, 0.6) is 5.75 Å². The van der Waals surface area contributed by atoms with Crippen molar-refractivity contribution in [3.8, 4) is 17.1 Å². The molecule has 5 heteroatoms. The molecule has 0 saturated heterocycles. The van der Waals surface area contributed by atoms with E-state index in [4.69, 9.17) is 13.9 Å². The van der Waals surface area contributed by atoms with Crippen LogP contribution >= 0.6 is 0 Å². The topological polar surface area (TPSA) is 68.9 Å². The van der Waals surface area contributed by atoms with Crippen LogP contribution in [0.2, 0.25) is 0 Å². The molecule has 0 unspecified atom stereocenters. The van der Waals surface area contributed by atoms with Crippen molar-refractivity contribution in [1.82, 2.24) is 0 Å². The van der Waals surface area contributed by atoms with E-state index in [2.05, 4.69) is 0 Å². The predicted octanol–water partition coefficient (Wildman–Crippen LogP) is 4.49. The first-order valence-electron chi connectivity index (χ1n) is 7.70. The average molecular weight is 338 g/mol. The molecule has 0 bridgehead atoms. The van der Waals surface area contributed by atoms with E-state index in [0.29, 0.717) is 16.9 Å². The van der Waals surface area contributed by atoms with E-state index in [-0.39, 0.29) is 5.57 Å². The highest BCUT2D eigenvalue weighted by Gasteiger charge is 2.20. The second-order valence-corrected chi connectivity index (χ2v) is 5.54. The first-order valence-corrected chi connectivity index (χ1v) is 7.70. The van der Waals surface area contributed by atoms with Crippen LogP contribution in [0, 0.1) is 6.92 Å². The third-order valence-electron chi connectivity index (χ3n) is 4.07. The molecule has 0 fully saturated rings.